The number of carboxylic acid groups (broad SMARTS) is 1. The first kappa shape index (κ1) is 12.3. The Hall–Kier alpha value is -2.18. The second kappa shape index (κ2) is 4.99. The molecular weight excluding hydrogens is 236 g/mol. The molecule has 0 amide bonds. The van der Waals surface area contributed by atoms with E-state index in [1.807, 2.05) is 6.92 Å². The second-order valence-electron chi connectivity index (χ2n) is 3.96. The number of carboxylic acids is 1. The summed E-state index contributed by atoms with van der Waals surface area (Å²) < 4.78 is 6.61. The highest BCUT2D eigenvalue weighted by atomic mass is 16.5. The normalized spacial score (nSPS) is 10.8. The highest BCUT2D eigenvalue weighted by molar-refractivity contribution is 5.88. The SMILES string of the molecule is CCCc1noc(Cn2ncc(C(=O)O)c2C)n1. The number of aromatic nitrogens is 4. The van der Waals surface area contributed by atoms with Crippen molar-refractivity contribution in [3.05, 3.63) is 29.2 Å². The van der Waals surface area contributed by atoms with Crippen molar-refractivity contribution in [3.8, 4) is 0 Å². The molecule has 7 heteroatoms. The van der Waals surface area contributed by atoms with Gasteiger partial charge in [-0.15, -0.1) is 0 Å². The van der Waals surface area contributed by atoms with Crippen molar-refractivity contribution in [2.24, 2.45) is 0 Å². The minimum atomic E-state index is -0.990. The van der Waals surface area contributed by atoms with Crippen LogP contribution in [0.1, 0.15) is 41.1 Å². The van der Waals surface area contributed by atoms with E-state index in [2.05, 4.69) is 15.2 Å². The number of rotatable bonds is 5. The van der Waals surface area contributed by atoms with Crippen LogP contribution in [-0.4, -0.2) is 31.0 Å². The number of hydrogen-bond acceptors (Lipinski definition) is 5. The average molecular weight is 250 g/mol. The monoisotopic (exact) mass is 250 g/mol. The van der Waals surface area contributed by atoms with Crippen molar-refractivity contribution in [2.45, 2.75) is 33.2 Å². The summed E-state index contributed by atoms with van der Waals surface area (Å²) in [5, 5.41) is 16.7. The summed E-state index contributed by atoms with van der Waals surface area (Å²) in [4.78, 5) is 15.1. The van der Waals surface area contributed by atoms with Gasteiger partial charge in [-0.1, -0.05) is 12.1 Å². The lowest BCUT2D eigenvalue weighted by molar-refractivity contribution is 0.0696. The molecule has 2 aromatic rings. The van der Waals surface area contributed by atoms with Gasteiger partial charge in [0.25, 0.3) is 0 Å². The zero-order valence-corrected chi connectivity index (χ0v) is 10.3. The van der Waals surface area contributed by atoms with Gasteiger partial charge in [0.1, 0.15) is 12.1 Å². The van der Waals surface area contributed by atoms with Crippen LogP contribution in [0.2, 0.25) is 0 Å². The van der Waals surface area contributed by atoms with Gasteiger partial charge in [0, 0.05) is 6.42 Å². The first-order valence-corrected chi connectivity index (χ1v) is 5.69. The Balaban J connectivity index is 2.15. The van der Waals surface area contributed by atoms with Crippen LogP contribution in [-0.2, 0) is 13.0 Å². The molecule has 7 nitrogen and oxygen atoms in total. The number of aromatic carboxylic acids is 1. The fourth-order valence-corrected chi connectivity index (χ4v) is 1.62. The summed E-state index contributed by atoms with van der Waals surface area (Å²) in [6.45, 7) is 4.02. The molecular formula is C11H14N4O3. The maximum Gasteiger partial charge on any atom is 0.339 e. The van der Waals surface area contributed by atoms with Gasteiger partial charge in [-0.3, -0.25) is 4.68 Å². The maximum atomic E-state index is 10.9. The Kier molecular flexibility index (Phi) is 3.40. The van der Waals surface area contributed by atoms with Crippen LogP contribution in [0, 0.1) is 6.92 Å². The predicted octanol–water partition coefficient (Wildman–Crippen LogP) is 1.27. The fourth-order valence-electron chi connectivity index (χ4n) is 1.62. The molecule has 2 heterocycles. The molecule has 0 aliphatic carbocycles. The van der Waals surface area contributed by atoms with Gasteiger partial charge in [0.2, 0.25) is 5.89 Å². The van der Waals surface area contributed by atoms with Crippen LogP contribution in [0.3, 0.4) is 0 Å². The third-order valence-electron chi connectivity index (χ3n) is 2.60. The number of aryl methyl sites for hydroxylation is 1. The molecule has 0 saturated heterocycles. The maximum absolute atomic E-state index is 10.9. The van der Waals surface area contributed by atoms with E-state index in [4.69, 9.17) is 9.63 Å². The van der Waals surface area contributed by atoms with Crippen LogP contribution in [0.4, 0.5) is 0 Å². The van der Waals surface area contributed by atoms with E-state index in [1.165, 1.54) is 10.9 Å². The topological polar surface area (TPSA) is 94.0 Å². The van der Waals surface area contributed by atoms with Crippen molar-refractivity contribution >= 4 is 5.97 Å². The molecule has 0 aromatic carbocycles. The number of hydrogen-bond donors (Lipinski definition) is 1. The standard InChI is InChI=1S/C11H14N4O3/c1-3-4-9-13-10(18-14-9)6-15-7(2)8(5-12-15)11(16)17/h5H,3-4,6H2,1-2H3,(H,16,17). The molecule has 0 bridgehead atoms. The summed E-state index contributed by atoms with van der Waals surface area (Å²) in [7, 11) is 0. The van der Waals surface area contributed by atoms with Crippen LogP contribution < -0.4 is 0 Å². The van der Waals surface area contributed by atoms with E-state index >= 15 is 0 Å². The number of carbonyl (C=O) groups is 1. The Morgan fingerprint density at radius 2 is 2.33 bits per heavy atom. The molecule has 2 aromatic heterocycles. The van der Waals surface area contributed by atoms with E-state index in [0.717, 1.165) is 12.8 Å². The van der Waals surface area contributed by atoms with E-state index in [0.29, 0.717) is 17.4 Å². The van der Waals surface area contributed by atoms with Crippen LogP contribution in [0.5, 0.6) is 0 Å². The molecule has 1 N–H and O–H groups in total. The highest BCUT2D eigenvalue weighted by Gasteiger charge is 2.14. The quantitative estimate of drug-likeness (QED) is 0.858. The lowest BCUT2D eigenvalue weighted by Gasteiger charge is -1.99. The molecule has 0 atom stereocenters. The molecule has 0 saturated carbocycles. The predicted molar refractivity (Wildman–Crippen MR) is 61.3 cm³/mol. The first-order chi connectivity index (χ1) is 8.61. The first-order valence-electron chi connectivity index (χ1n) is 5.69. The van der Waals surface area contributed by atoms with Crippen molar-refractivity contribution in [2.75, 3.05) is 0 Å². The Labute approximate surface area is 103 Å². The van der Waals surface area contributed by atoms with Crippen LogP contribution >= 0.6 is 0 Å². The van der Waals surface area contributed by atoms with Crippen LogP contribution in [0.25, 0.3) is 0 Å². The molecule has 0 aliphatic rings. The van der Waals surface area contributed by atoms with Crippen molar-refractivity contribution in [3.63, 3.8) is 0 Å². The zero-order chi connectivity index (χ0) is 13.1. The highest BCUT2D eigenvalue weighted by Crippen LogP contribution is 2.09. The third-order valence-corrected chi connectivity index (χ3v) is 2.60. The molecule has 96 valence electrons. The summed E-state index contributed by atoms with van der Waals surface area (Å²) in [6.07, 6.45) is 3.03. The van der Waals surface area contributed by atoms with Gasteiger partial charge in [0.15, 0.2) is 5.82 Å². The second-order valence-corrected chi connectivity index (χ2v) is 3.96. The lowest BCUT2D eigenvalue weighted by atomic mass is 10.3. The molecule has 0 spiro atoms. The smallest absolute Gasteiger partial charge is 0.339 e. The Bertz CT molecular complexity index is 558. The average Bonchev–Trinajstić information content (AvgIpc) is 2.89. The third kappa shape index (κ3) is 2.39. The molecule has 0 unspecified atom stereocenters. The fraction of sp³-hybridized carbons (Fsp3) is 0.455. The minimum absolute atomic E-state index is 0.184. The summed E-state index contributed by atoms with van der Waals surface area (Å²) >= 11 is 0. The largest absolute Gasteiger partial charge is 0.478 e. The minimum Gasteiger partial charge on any atom is -0.478 e. The Morgan fingerprint density at radius 1 is 1.56 bits per heavy atom. The molecule has 18 heavy (non-hydrogen) atoms. The zero-order valence-electron chi connectivity index (χ0n) is 10.3. The van der Waals surface area contributed by atoms with Gasteiger partial charge in [-0.25, -0.2) is 4.79 Å². The Morgan fingerprint density at radius 3 is 2.94 bits per heavy atom. The van der Waals surface area contributed by atoms with E-state index in [9.17, 15) is 4.79 Å². The van der Waals surface area contributed by atoms with E-state index in [1.54, 1.807) is 6.92 Å². The van der Waals surface area contributed by atoms with Gasteiger partial charge < -0.3 is 9.63 Å². The molecule has 2 rings (SSSR count). The van der Waals surface area contributed by atoms with Gasteiger partial charge >= 0.3 is 5.97 Å². The molecule has 0 fully saturated rings. The van der Waals surface area contributed by atoms with Crippen molar-refractivity contribution in [1.29, 1.82) is 0 Å². The molecule has 0 aliphatic heterocycles. The summed E-state index contributed by atoms with van der Waals surface area (Å²) in [5.74, 6) is 0.105. The molecule has 0 radical (unpaired) electrons. The van der Waals surface area contributed by atoms with E-state index in [-0.39, 0.29) is 12.1 Å². The summed E-state index contributed by atoms with van der Waals surface area (Å²) in [6, 6.07) is 0. The lowest BCUT2D eigenvalue weighted by Crippen LogP contribution is -2.06. The van der Waals surface area contributed by atoms with Gasteiger partial charge in [-0.2, -0.15) is 10.1 Å². The summed E-state index contributed by atoms with van der Waals surface area (Å²) in [5.41, 5.74) is 0.751. The van der Waals surface area contributed by atoms with Gasteiger partial charge in [0.05, 0.1) is 11.9 Å². The van der Waals surface area contributed by atoms with Gasteiger partial charge in [-0.05, 0) is 13.3 Å². The van der Waals surface area contributed by atoms with Crippen LogP contribution in [0.15, 0.2) is 10.7 Å². The van der Waals surface area contributed by atoms with E-state index < -0.39 is 5.97 Å². The van der Waals surface area contributed by atoms with Crippen molar-refractivity contribution < 1.29 is 14.4 Å². The van der Waals surface area contributed by atoms with Crippen molar-refractivity contribution in [1.82, 2.24) is 19.9 Å². The number of nitrogens with zero attached hydrogens (tertiary/aromatic N) is 4.